The summed E-state index contributed by atoms with van der Waals surface area (Å²) in [6, 6.07) is 17.8. The zero-order valence-electron chi connectivity index (χ0n) is 20.8. The number of fused-ring (bicyclic) bond motifs is 3. The van der Waals surface area contributed by atoms with Crippen molar-refractivity contribution < 1.29 is 19.1 Å². The molecular formula is C29H35N3O4. The number of aromatic nitrogens is 1. The van der Waals surface area contributed by atoms with Crippen molar-refractivity contribution >= 4 is 22.8 Å². The van der Waals surface area contributed by atoms with E-state index in [1.165, 1.54) is 0 Å². The third kappa shape index (κ3) is 5.73. The highest BCUT2D eigenvalue weighted by Crippen LogP contribution is 2.34. The van der Waals surface area contributed by atoms with Gasteiger partial charge in [-0.3, -0.25) is 9.59 Å². The maximum Gasteiger partial charge on any atom is 0.306 e. The Morgan fingerprint density at radius 3 is 2.61 bits per heavy atom. The summed E-state index contributed by atoms with van der Waals surface area (Å²) in [4.78, 5) is 27.6. The number of nitrogens with zero attached hydrogens (tertiary/aromatic N) is 2. The second-order valence-electron chi connectivity index (χ2n) is 9.80. The molecule has 1 amide bonds. The minimum absolute atomic E-state index is 0.0432. The number of nitrogens with one attached hydrogen (secondary N) is 1. The molecule has 0 spiro atoms. The summed E-state index contributed by atoms with van der Waals surface area (Å²) in [6.45, 7) is 5.44. The van der Waals surface area contributed by atoms with Gasteiger partial charge in [-0.1, -0.05) is 48.5 Å². The van der Waals surface area contributed by atoms with Crippen molar-refractivity contribution in [3.63, 3.8) is 0 Å². The van der Waals surface area contributed by atoms with Crippen LogP contribution >= 0.6 is 0 Å². The fourth-order valence-corrected chi connectivity index (χ4v) is 5.26. The first-order valence-corrected chi connectivity index (χ1v) is 13.1. The highest BCUT2D eigenvalue weighted by Gasteiger charge is 2.27. The van der Waals surface area contributed by atoms with Gasteiger partial charge in [0.05, 0.1) is 12.1 Å². The SMILES string of the molecule is O=C(CCCN1CCC(CNC(=O)c2c3n(c4ccccc24)CCCO3)CC1)OCc1ccccc1. The molecule has 36 heavy (non-hydrogen) atoms. The van der Waals surface area contributed by atoms with Crippen molar-refractivity contribution in [3.8, 4) is 5.88 Å². The smallest absolute Gasteiger partial charge is 0.306 e. The van der Waals surface area contributed by atoms with E-state index in [1.54, 1.807) is 0 Å². The molecule has 3 heterocycles. The molecular weight excluding hydrogens is 454 g/mol. The lowest BCUT2D eigenvalue weighted by molar-refractivity contribution is -0.145. The zero-order chi connectivity index (χ0) is 24.7. The van der Waals surface area contributed by atoms with E-state index in [-0.39, 0.29) is 11.9 Å². The maximum absolute atomic E-state index is 13.2. The second kappa shape index (κ2) is 11.6. The molecule has 3 aromatic rings. The van der Waals surface area contributed by atoms with Crippen LogP contribution in [0.2, 0.25) is 0 Å². The first kappa shape index (κ1) is 24.4. The molecule has 0 unspecified atom stereocenters. The molecule has 2 aromatic carbocycles. The Hall–Kier alpha value is -3.32. The van der Waals surface area contributed by atoms with Gasteiger partial charge >= 0.3 is 5.97 Å². The Morgan fingerprint density at radius 1 is 1.00 bits per heavy atom. The van der Waals surface area contributed by atoms with Crippen LogP contribution in [0, 0.1) is 5.92 Å². The van der Waals surface area contributed by atoms with Gasteiger partial charge in [0.25, 0.3) is 5.91 Å². The van der Waals surface area contributed by atoms with Crippen LogP contribution in [0.5, 0.6) is 5.88 Å². The van der Waals surface area contributed by atoms with Crippen molar-refractivity contribution in [1.82, 2.24) is 14.8 Å². The van der Waals surface area contributed by atoms with E-state index in [9.17, 15) is 9.59 Å². The van der Waals surface area contributed by atoms with E-state index in [4.69, 9.17) is 9.47 Å². The van der Waals surface area contributed by atoms with Crippen molar-refractivity contribution in [2.45, 2.75) is 45.3 Å². The van der Waals surface area contributed by atoms with Crippen LogP contribution in [-0.2, 0) is 22.7 Å². The van der Waals surface area contributed by atoms with Crippen LogP contribution in [0.1, 0.15) is 48.0 Å². The lowest BCUT2D eigenvalue weighted by atomic mass is 9.96. The standard InChI is InChI=1S/C29H35N3O4/c33-26(36-21-23-8-2-1-3-9-23)12-6-15-31-17-13-22(14-18-31)20-30-28(34)27-24-10-4-5-11-25(24)32-16-7-19-35-29(27)32/h1-5,8-11,22H,6-7,12-21H2,(H,30,34). The number of aryl methyl sites for hydroxylation is 1. The first-order chi connectivity index (χ1) is 17.7. The summed E-state index contributed by atoms with van der Waals surface area (Å²) in [5, 5.41) is 4.15. The molecule has 7 nitrogen and oxygen atoms in total. The maximum atomic E-state index is 13.2. The van der Waals surface area contributed by atoms with Crippen LogP contribution in [0.4, 0.5) is 0 Å². The Bertz CT molecular complexity index is 1180. The summed E-state index contributed by atoms with van der Waals surface area (Å²) in [7, 11) is 0. The molecule has 5 rings (SSSR count). The minimum atomic E-state index is -0.138. The quantitative estimate of drug-likeness (QED) is 0.452. The lowest BCUT2D eigenvalue weighted by Crippen LogP contribution is -2.39. The summed E-state index contributed by atoms with van der Waals surface area (Å²) in [6.07, 6.45) is 4.30. The average molecular weight is 490 g/mol. The first-order valence-electron chi connectivity index (χ1n) is 13.1. The van der Waals surface area contributed by atoms with Gasteiger partial charge in [-0.25, -0.2) is 0 Å². The lowest BCUT2D eigenvalue weighted by Gasteiger charge is -2.32. The fourth-order valence-electron chi connectivity index (χ4n) is 5.26. The number of likely N-dealkylation sites (tertiary alicyclic amines) is 1. The molecule has 1 N–H and O–H groups in total. The van der Waals surface area contributed by atoms with Crippen LogP contribution in [-0.4, -0.2) is 54.1 Å². The number of amides is 1. The van der Waals surface area contributed by atoms with Crippen molar-refractivity contribution in [2.24, 2.45) is 5.92 Å². The largest absolute Gasteiger partial charge is 0.478 e. The summed E-state index contributed by atoms with van der Waals surface area (Å²) < 4.78 is 13.4. The van der Waals surface area contributed by atoms with Gasteiger partial charge in [-0.05, 0) is 62.9 Å². The summed E-state index contributed by atoms with van der Waals surface area (Å²) >= 11 is 0. The number of carbonyl (C=O) groups is 2. The highest BCUT2D eigenvalue weighted by atomic mass is 16.5. The fraction of sp³-hybridized carbons (Fsp3) is 0.448. The van der Waals surface area contributed by atoms with Gasteiger partial charge in [-0.15, -0.1) is 0 Å². The third-order valence-corrected chi connectivity index (χ3v) is 7.27. The Morgan fingerprint density at radius 2 is 1.78 bits per heavy atom. The molecule has 2 aliphatic rings. The zero-order valence-corrected chi connectivity index (χ0v) is 20.8. The second-order valence-corrected chi connectivity index (χ2v) is 9.80. The number of rotatable bonds is 9. The predicted molar refractivity (Wildman–Crippen MR) is 139 cm³/mol. The van der Waals surface area contributed by atoms with Gasteiger partial charge in [-0.2, -0.15) is 0 Å². The molecule has 1 saturated heterocycles. The van der Waals surface area contributed by atoms with Crippen molar-refractivity contribution in [1.29, 1.82) is 0 Å². The number of para-hydroxylation sites is 1. The Kier molecular flexibility index (Phi) is 7.86. The minimum Gasteiger partial charge on any atom is -0.478 e. The van der Waals surface area contributed by atoms with Crippen molar-refractivity contribution in [3.05, 3.63) is 65.7 Å². The number of benzene rings is 2. The van der Waals surface area contributed by atoms with Crippen LogP contribution in [0.25, 0.3) is 10.9 Å². The highest BCUT2D eigenvalue weighted by molar-refractivity contribution is 6.09. The number of hydrogen-bond donors (Lipinski definition) is 1. The summed E-state index contributed by atoms with van der Waals surface area (Å²) in [5.74, 6) is 0.989. The van der Waals surface area contributed by atoms with Gasteiger partial charge in [0.1, 0.15) is 12.2 Å². The van der Waals surface area contributed by atoms with Gasteiger partial charge in [0, 0.05) is 24.9 Å². The van der Waals surface area contributed by atoms with Gasteiger partial charge in [0.15, 0.2) is 0 Å². The summed E-state index contributed by atoms with van der Waals surface area (Å²) in [5.41, 5.74) is 2.74. The monoisotopic (exact) mass is 489 g/mol. The molecule has 7 heteroatoms. The third-order valence-electron chi connectivity index (χ3n) is 7.27. The number of esters is 1. The van der Waals surface area contributed by atoms with Crippen LogP contribution in [0.3, 0.4) is 0 Å². The molecule has 190 valence electrons. The molecule has 0 radical (unpaired) electrons. The predicted octanol–water partition coefficient (Wildman–Crippen LogP) is 4.39. The molecule has 1 aromatic heterocycles. The van der Waals surface area contributed by atoms with Gasteiger partial charge in [0.2, 0.25) is 5.88 Å². The molecule has 0 saturated carbocycles. The van der Waals surface area contributed by atoms with E-state index in [0.29, 0.717) is 43.5 Å². The normalized spacial score (nSPS) is 16.3. The molecule has 2 aliphatic heterocycles. The topological polar surface area (TPSA) is 72.8 Å². The number of piperidine rings is 1. The molecule has 0 bridgehead atoms. The van der Waals surface area contributed by atoms with Crippen molar-refractivity contribution in [2.75, 3.05) is 32.8 Å². The van der Waals surface area contributed by atoms with E-state index in [0.717, 1.165) is 68.3 Å². The van der Waals surface area contributed by atoms with Gasteiger partial charge < -0.3 is 24.3 Å². The molecule has 0 aliphatic carbocycles. The molecule has 0 atom stereocenters. The Labute approximate surface area is 212 Å². The average Bonchev–Trinajstić information content (AvgIpc) is 3.26. The number of ether oxygens (including phenoxy) is 2. The Balaban J connectivity index is 1.03. The van der Waals surface area contributed by atoms with Crippen LogP contribution in [0.15, 0.2) is 54.6 Å². The number of hydrogen-bond acceptors (Lipinski definition) is 5. The molecule has 1 fully saturated rings. The van der Waals surface area contributed by atoms with E-state index < -0.39 is 0 Å². The van der Waals surface area contributed by atoms with E-state index in [1.807, 2.05) is 48.5 Å². The van der Waals surface area contributed by atoms with E-state index >= 15 is 0 Å². The van der Waals surface area contributed by atoms with E-state index in [2.05, 4.69) is 20.9 Å². The number of carbonyl (C=O) groups excluding carboxylic acids is 2. The van der Waals surface area contributed by atoms with Crippen LogP contribution < -0.4 is 10.1 Å².